The van der Waals surface area contributed by atoms with E-state index in [1.54, 1.807) is 31.2 Å². The SMILES string of the molecule is CCOC(=O)c1ccc(NC(=O)CSc2nnc(-c3ccccc3OCC)n2CC)cc1. The molecule has 0 fully saturated rings. The van der Waals surface area contributed by atoms with Crippen LogP contribution in [0.25, 0.3) is 11.4 Å². The van der Waals surface area contributed by atoms with Crippen LogP contribution in [0.15, 0.2) is 53.7 Å². The maximum Gasteiger partial charge on any atom is 0.338 e. The zero-order chi connectivity index (χ0) is 22.9. The second-order valence-corrected chi connectivity index (χ2v) is 7.56. The number of benzene rings is 2. The Morgan fingerprint density at radius 1 is 1.00 bits per heavy atom. The molecule has 0 bridgehead atoms. The van der Waals surface area contributed by atoms with E-state index in [4.69, 9.17) is 9.47 Å². The Labute approximate surface area is 191 Å². The van der Waals surface area contributed by atoms with Crippen molar-refractivity contribution in [3.8, 4) is 17.1 Å². The molecule has 0 aliphatic heterocycles. The number of esters is 1. The van der Waals surface area contributed by atoms with Gasteiger partial charge in [-0.2, -0.15) is 0 Å². The van der Waals surface area contributed by atoms with Crippen LogP contribution in [-0.2, 0) is 16.1 Å². The van der Waals surface area contributed by atoms with Crippen molar-refractivity contribution in [3.05, 3.63) is 54.1 Å². The molecular formula is C23H26N4O4S. The second kappa shape index (κ2) is 11.3. The molecule has 0 unspecified atom stereocenters. The molecule has 1 N–H and O–H groups in total. The van der Waals surface area contributed by atoms with Crippen LogP contribution in [-0.4, -0.2) is 45.6 Å². The first-order valence-corrected chi connectivity index (χ1v) is 11.4. The van der Waals surface area contributed by atoms with Gasteiger partial charge in [0.05, 0.1) is 30.1 Å². The molecule has 1 aromatic heterocycles. The van der Waals surface area contributed by atoms with Gasteiger partial charge in [0.2, 0.25) is 5.91 Å². The van der Waals surface area contributed by atoms with Gasteiger partial charge >= 0.3 is 5.97 Å². The number of rotatable bonds is 10. The fourth-order valence-corrected chi connectivity index (χ4v) is 3.85. The molecule has 9 heteroatoms. The van der Waals surface area contributed by atoms with Crippen LogP contribution in [0.5, 0.6) is 5.75 Å². The van der Waals surface area contributed by atoms with Gasteiger partial charge in [-0.15, -0.1) is 10.2 Å². The molecular weight excluding hydrogens is 428 g/mol. The maximum absolute atomic E-state index is 12.4. The van der Waals surface area contributed by atoms with Crippen molar-refractivity contribution < 1.29 is 19.1 Å². The lowest BCUT2D eigenvalue weighted by Crippen LogP contribution is -2.15. The molecule has 0 saturated heterocycles. The van der Waals surface area contributed by atoms with E-state index in [0.717, 1.165) is 11.3 Å². The minimum Gasteiger partial charge on any atom is -0.493 e. The number of nitrogens with one attached hydrogen (secondary N) is 1. The number of hydrogen-bond donors (Lipinski definition) is 1. The zero-order valence-corrected chi connectivity index (χ0v) is 19.1. The number of nitrogens with zero attached hydrogens (tertiary/aromatic N) is 3. The average molecular weight is 455 g/mol. The van der Waals surface area contributed by atoms with Crippen molar-refractivity contribution in [2.75, 3.05) is 24.3 Å². The number of hydrogen-bond acceptors (Lipinski definition) is 7. The minimum atomic E-state index is -0.387. The van der Waals surface area contributed by atoms with Gasteiger partial charge in [0, 0.05) is 12.2 Å². The number of anilines is 1. The molecule has 0 spiro atoms. The Bertz CT molecular complexity index is 1070. The Morgan fingerprint density at radius 3 is 2.44 bits per heavy atom. The Balaban J connectivity index is 1.65. The monoisotopic (exact) mass is 454 g/mol. The summed E-state index contributed by atoms with van der Waals surface area (Å²) in [5.74, 6) is 1.05. The summed E-state index contributed by atoms with van der Waals surface area (Å²) in [6.07, 6.45) is 0. The Hall–Kier alpha value is -3.33. The summed E-state index contributed by atoms with van der Waals surface area (Å²) in [7, 11) is 0. The molecule has 0 aliphatic rings. The highest BCUT2D eigenvalue weighted by Crippen LogP contribution is 2.31. The Kier molecular flexibility index (Phi) is 8.27. The summed E-state index contributed by atoms with van der Waals surface area (Å²) in [5, 5.41) is 12.1. The van der Waals surface area contributed by atoms with E-state index in [1.807, 2.05) is 42.7 Å². The van der Waals surface area contributed by atoms with Gasteiger partial charge in [-0.25, -0.2) is 4.79 Å². The number of ether oxygens (including phenoxy) is 2. The van der Waals surface area contributed by atoms with Gasteiger partial charge in [-0.05, 0) is 57.2 Å². The number of amides is 1. The normalized spacial score (nSPS) is 10.6. The average Bonchev–Trinajstić information content (AvgIpc) is 3.21. The molecule has 32 heavy (non-hydrogen) atoms. The van der Waals surface area contributed by atoms with E-state index in [-0.39, 0.29) is 17.6 Å². The van der Waals surface area contributed by atoms with Crippen molar-refractivity contribution in [3.63, 3.8) is 0 Å². The third kappa shape index (κ3) is 5.67. The quantitative estimate of drug-likeness (QED) is 0.361. The van der Waals surface area contributed by atoms with E-state index < -0.39 is 0 Å². The van der Waals surface area contributed by atoms with Gasteiger partial charge < -0.3 is 19.4 Å². The first-order chi connectivity index (χ1) is 15.6. The lowest BCUT2D eigenvalue weighted by atomic mass is 10.2. The van der Waals surface area contributed by atoms with Crippen LogP contribution in [0.4, 0.5) is 5.69 Å². The van der Waals surface area contributed by atoms with Crippen molar-refractivity contribution in [2.45, 2.75) is 32.5 Å². The Morgan fingerprint density at radius 2 is 1.75 bits per heavy atom. The van der Waals surface area contributed by atoms with E-state index >= 15 is 0 Å². The number of aromatic nitrogens is 3. The highest BCUT2D eigenvalue weighted by Gasteiger charge is 2.17. The first kappa shape index (κ1) is 23.3. The second-order valence-electron chi connectivity index (χ2n) is 6.61. The molecule has 0 saturated carbocycles. The molecule has 2 aromatic carbocycles. The van der Waals surface area contributed by atoms with Gasteiger partial charge in [-0.3, -0.25) is 4.79 Å². The largest absolute Gasteiger partial charge is 0.493 e. The van der Waals surface area contributed by atoms with Crippen LogP contribution < -0.4 is 10.1 Å². The number of thioether (sulfide) groups is 1. The molecule has 0 radical (unpaired) electrons. The van der Waals surface area contributed by atoms with Crippen LogP contribution in [0.3, 0.4) is 0 Å². The summed E-state index contributed by atoms with van der Waals surface area (Å²) in [6, 6.07) is 14.3. The smallest absolute Gasteiger partial charge is 0.338 e. The predicted octanol–water partition coefficient (Wildman–Crippen LogP) is 4.27. The minimum absolute atomic E-state index is 0.171. The van der Waals surface area contributed by atoms with Gasteiger partial charge in [-0.1, -0.05) is 23.9 Å². The van der Waals surface area contributed by atoms with Crippen molar-refractivity contribution in [1.29, 1.82) is 0 Å². The molecule has 168 valence electrons. The van der Waals surface area contributed by atoms with Crippen molar-refractivity contribution in [1.82, 2.24) is 14.8 Å². The van der Waals surface area contributed by atoms with E-state index in [0.29, 0.717) is 42.0 Å². The first-order valence-electron chi connectivity index (χ1n) is 10.4. The summed E-state index contributed by atoms with van der Waals surface area (Å²) >= 11 is 1.31. The summed E-state index contributed by atoms with van der Waals surface area (Å²) in [6.45, 7) is 7.22. The number of para-hydroxylation sites is 1. The highest BCUT2D eigenvalue weighted by atomic mass is 32.2. The van der Waals surface area contributed by atoms with Gasteiger partial charge in [0.1, 0.15) is 5.75 Å². The third-order valence-electron chi connectivity index (χ3n) is 4.47. The van der Waals surface area contributed by atoms with E-state index in [2.05, 4.69) is 15.5 Å². The maximum atomic E-state index is 12.4. The molecule has 0 atom stereocenters. The van der Waals surface area contributed by atoms with Crippen LogP contribution >= 0.6 is 11.8 Å². The topological polar surface area (TPSA) is 95.3 Å². The van der Waals surface area contributed by atoms with Crippen molar-refractivity contribution >= 4 is 29.3 Å². The fourth-order valence-electron chi connectivity index (χ4n) is 3.04. The molecule has 1 amide bonds. The standard InChI is InChI=1S/C23H26N4O4S/c1-4-27-21(18-9-7-8-10-19(18)30-5-2)25-26-23(27)32-15-20(28)24-17-13-11-16(12-14-17)22(29)31-6-3/h7-14H,4-6,15H2,1-3H3,(H,24,28). The number of carbonyl (C=O) groups is 2. The lowest BCUT2D eigenvalue weighted by Gasteiger charge is -2.11. The van der Waals surface area contributed by atoms with Gasteiger partial charge in [0.25, 0.3) is 0 Å². The number of carbonyl (C=O) groups excluding carboxylic acids is 2. The molecule has 0 aliphatic carbocycles. The molecule has 1 heterocycles. The van der Waals surface area contributed by atoms with Crippen molar-refractivity contribution in [2.24, 2.45) is 0 Å². The predicted molar refractivity (Wildman–Crippen MR) is 124 cm³/mol. The third-order valence-corrected chi connectivity index (χ3v) is 5.44. The molecule has 3 rings (SSSR count). The summed E-state index contributed by atoms with van der Waals surface area (Å²) in [4.78, 5) is 24.1. The summed E-state index contributed by atoms with van der Waals surface area (Å²) in [5.41, 5.74) is 1.91. The molecule has 3 aromatic rings. The lowest BCUT2D eigenvalue weighted by molar-refractivity contribution is -0.113. The molecule has 8 nitrogen and oxygen atoms in total. The van der Waals surface area contributed by atoms with Crippen LogP contribution in [0.2, 0.25) is 0 Å². The van der Waals surface area contributed by atoms with Gasteiger partial charge in [0.15, 0.2) is 11.0 Å². The van der Waals surface area contributed by atoms with Crippen LogP contribution in [0.1, 0.15) is 31.1 Å². The van der Waals surface area contributed by atoms with Crippen LogP contribution in [0, 0.1) is 0 Å². The van der Waals surface area contributed by atoms with E-state index in [1.165, 1.54) is 11.8 Å². The summed E-state index contributed by atoms with van der Waals surface area (Å²) < 4.78 is 12.6. The zero-order valence-electron chi connectivity index (χ0n) is 18.3. The van der Waals surface area contributed by atoms with E-state index in [9.17, 15) is 9.59 Å². The highest BCUT2D eigenvalue weighted by molar-refractivity contribution is 7.99. The fraction of sp³-hybridized carbons (Fsp3) is 0.304.